The number of nitro groups is 1. The molecule has 0 spiro atoms. The predicted molar refractivity (Wildman–Crippen MR) is 98.7 cm³/mol. The van der Waals surface area contributed by atoms with Crippen LogP contribution in [0, 0.1) is 16.0 Å². The van der Waals surface area contributed by atoms with Crippen LogP contribution >= 0.6 is 0 Å². The van der Waals surface area contributed by atoms with E-state index in [0.29, 0.717) is 19.3 Å². The number of amides is 1. The van der Waals surface area contributed by atoms with Crippen molar-refractivity contribution in [3.05, 3.63) is 33.9 Å². The third-order valence-electron chi connectivity index (χ3n) is 4.15. The Hall–Kier alpha value is -2.24. The first-order valence-corrected chi connectivity index (χ1v) is 8.77. The Labute approximate surface area is 149 Å². The van der Waals surface area contributed by atoms with Crippen LogP contribution in [0.15, 0.2) is 18.2 Å². The molecule has 1 aromatic carbocycles. The van der Waals surface area contributed by atoms with Gasteiger partial charge in [-0.2, -0.15) is 0 Å². The van der Waals surface area contributed by atoms with E-state index < -0.39 is 4.92 Å². The highest BCUT2D eigenvalue weighted by molar-refractivity contribution is 5.93. The van der Waals surface area contributed by atoms with Gasteiger partial charge in [-0.25, -0.2) is 0 Å². The summed E-state index contributed by atoms with van der Waals surface area (Å²) in [6.07, 6.45) is 2.02. The van der Waals surface area contributed by atoms with Gasteiger partial charge in [0.05, 0.1) is 4.92 Å². The highest BCUT2D eigenvalue weighted by Crippen LogP contribution is 2.32. The maximum Gasteiger partial charge on any atom is 0.293 e. The highest BCUT2D eigenvalue weighted by Gasteiger charge is 2.27. The topological polar surface area (TPSA) is 89.3 Å². The maximum absolute atomic E-state index is 12.0. The number of Topliss-reactive ketones (excluding diaryl/α,β-unsaturated/α-hetero) is 1. The summed E-state index contributed by atoms with van der Waals surface area (Å²) in [5.41, 5.74) is 0.766. The Morgan fingerprint density at radius 1 is 1.28 bits per heavy atom. The van der Waals surface area contributed by atoms with E-state index in [1.807, 2.05) is 34.6 Å². The minimum atomic E-state index is -0.477. The van der Waals surface area contributed by atoms with E-state index in [-0.39, 0.29) is 40.8 Å². The fraction of sp³-hybridized carbons (Fsp3) is 0.579. The molecule has 0 aliphatic heterocycles. The van der Waals surface area contributed by atoms with Crippen molar-refractivity contribution in [1.29, 1.82) is 0 Å². The first kappa shape index (κ1) is 20.8. The molecule has 0 radical (unpaired) electrons. The maximum atomic E-state index is 12.0. The average Bonchev–Trinajstić information content (AvgIpc) is 2.51. The second kappa shape index (κ2) is 8.74. The van der Waals surface area contributed by atoms with Crippen LogP contribution in [0.25, 0.3) is 0 Å². The van der Waals surface area contributed by atoms with Crippen molar-refractivity contribution < 1.29 is 14.5 Å². The SMILES string of the molecule is CC.CC(C)(C)c1ccc(NC(=O)CCC2CC(=O)C2)c([N+](=O)[O-])c1. The molecule has 25 heavy (non-hydrogen) atoms. The van der Waals surface area contributed by atoms with Gasteiger partial charge in [-0.1, -0.05) is 40.7 Å². The van der Waals surface area contributed by atoms with Gasteiger partial charge in [0.1, 0.15) is 11.5 Å². The Kier molecular flexibility index (Phi) is 7.27. The number of carbonyl (C=O) groups excluding carboxylic acids is 2. The number of nitrogens with one attached hydrogen (secondary N) is 1. The number of hydrogen-bond donors (Lipinski definition) is 1. The Morgan fingerprint density at radius 2 is 1.88 bits per heavy atom. The zero-order valence-electron chi connectivity index (χ0n) is 15.7. The molecule has 1 saturated carbocycles. The number of nitro benzene ring substituents is 1. The first-order chi connectivity index (χ1) is 11.7. The van der Waals surface area contributed by atoms with Crippen molar-refractivity contribution in [3.63, 3.8) is 0 Å². The minimum Gasteiger partial charge on any atom is -0.320 e. The van der Waals surface area contributed by atoms with E-state index in [0.717, 1.165) is 5.56 Å². The van der Waals surface area contributed by atoms with Crippen LogP contribution in [-0.4, -0.2) is 16.6 Å². The predicted octanol–water partition coefficient (Wildman–Crippen LogP) is 4.62. The quantitative estimate of drug-likeness (QED) is 0.621. The lowest BCUT2D eigenvalue weighted by atomic mass is 9.81. The van der Waals surface area contributed by atoms with Crippen LogP contribution in [0.3, 0.4) is 0 Å². The fourth-order valence-corrected chi connectivity index (χ4v) is 2.59. The molecule has 0 unspecified atom stereocenters. The molecule has 6 nitrogen and oxygen atoms in total. The molecule has 6 heteroatoms. The van der Waals surface area contributed by atoms with Gasteiger partial charge < -0.3 is 5.32 Å². The Bertz CT molecular complexity index is 639. The van der Waals surface area contributed by atoms with Crippen molar-refractivity contribution in [1.82, 2.24) is 0 Å². The molecule has 0 aromatic heterocycles. The summed E-state index contributed by atoms with van der Waals surface area (Å²) >= 11 is 0. The second-order valence-corrected chi connectivity index (χ2v) is 7.14. The summed E-state index contributed by atoms with van der Waals surface area (Å²) in [4.78, 5) is 33.7. The second-order valence-electron chi connectivity index (χ2n) is 7.14. The fourth-order valence-electron chi connectivity index (χ4n) is 2.59. The van der Waals surface area contributed by atoms with Crippen LogP contribution in [-0.2, 0) is 15.0 Å². The van der Waals surface area contributed by atoms with Crippen molar-refractivity contribution in [3.8, 4) is 0 Å². The Morgan fingerprint density at radius 3 is 2.36 bits per heavy atom. The van der Waals surface area contributed by atoms with Crippen LogP contribution in [0.2, 0.25) is 0 Å². The monoisotopic (exact) mass is 348 g/mol. The normalized spacial score (nSPS) is 14.2. The number of carbonyl (C=O) groups is 2. The molecule has 0 atom stereocenters. The van der Waals surface area contributed by atoms with E-state index in [1.165, 1.54) is 6.07 Å². The number of hydrogen-bond acceptors (Lipinski definition) is 4. The highest BCUT2D eigenvalue weighted by atomic mass is 16.6. The van der Waals surface area contributed by atoms with E-state index in [2.05, 4.69) is 5.32 Å². The van der Waals surface area contributed by atoms with Crippen molar-refractivity contribution in [2.75, 3.05) is 5.32 Å². The molecule has 1 amide bonds. The largest absolute Gasteiger partial charge is 0.320 e. The van der Waals surface area contributed by atoms with Gasteiger partial charge in [0, 0.05) is 25.3 Å². The summed E-state index contributed by atoms with van der Waals surface area (Å²) in [7, 11) is 0. The van der Waals surface area contributed by atoms with Crippen LogP contribution in [0.1, 0.15) is 65.9 Å². The van der Waals surface area contributed by atoms with Crippen molar-refractivity contribution in [2.24, 2.45) is 5.92 Å². The molecular weight excluding hydrogens is 320 g/mol. The van der Waals surface area contributed by atoms with E-state index >= 15 is 0 Å². The van der Waals surface area contributed by atoms with Crippen molar-refractivity contribution >= 4 is 23.1 Å². The molecule has 1 N–H and O–H groups in total. The van der Waals surface area contributed by atoms with Gasteiger partial charge in [0.2, 0.25) is 5.91 Å². The molecule has 1 aromatic rings. The molecule has 2 rings (SSSR count). The third kappa shape index (κ3) is 5.96. The molecule has 1 aliphatic rings. The number of ketones is 1. The van der Waals surface area contributed by atoms with Gasteiger partial charge in [0.15, 0.2) is 0 Å². The van der Waals surface area contributed by atoms with Crippen LogP contribution in [0.5, 0.6) is 0 Å². The van der Waals surface area contributed by atoms with Gasteiger partial charge in [-0.05, 0) is 29.4 Å². The summed E-state index contributed by atoms with van der Waals surface area (Å²) in [5.74, 6) is 0.270. The van der Waals surface area contributed by atoms with Crippen LogP contribution < -0.4 is 5.32 Å². The van der Waals surface area contributed by atoms with Gasteiger partial charge >= 0.3 is 0 Å². The number of anilines is 1. The lowest BCUT2D eigenvalue weighted by molar-refractivity contribution is -0.384. The molecule has 0 heterocycles. The first-order valence-electron chi connectivity index (χ1n) is 8.77. The summed E-state index contributed by atoms with van der Waals surface area (Å²) < 4.78 is 0. The van der Waals surface area contributed by atoms with E-state index in [1.54, 1.807) is 12.1 Å². The molecule has 1 aliphatic carbocycles. The molecule has 1 fully saturated rings. The summed E-state index contributed by atoms with van der Waals surface area (Å²) in [5, 5.41) is 13.9. The minimum absolute atomic E-state index is 0.0930. The molecule has 0 saturated heterocycles. The summed E-state index contributed by atoms with van der Waals surface area (Å²) in [6.45, 7) is 9.93. The van der Waals surface area contributed by atoms with Gasteiger partial charge in [-0.3, -0.25) is 19.7 Å². The number of benzene rings is 1. The third-order valence-corrected chi connectivity index (χ3v) is 4.15. The van der Waals surface area contributed by atoms with Crippen LogP contribution in [0.4, 0.5) is 11.4 Å². The number of nitrogens with zero attached hydrogens (tertiary/aromatic N) is 1. The zero-order valence-corrected chi connectivity index (χ0v) is 15.7. The Balaban J connectivity index is 0.00000151. The lowest BCUT2D eigenvalue weighted by Gasteiger charge is -2.23. The van der Waals surface area contributed by atoms with E-state index in [4.69, 9.17) is 0 Å². The van der Waals surface area contributed by atoms with Gasteiger partial charge in [-0.15, -0.1) is 0 Å². The zero-order chi connectivity index (χ0) is 19.2. The lowest BCUT2D eigenvalue weighted by Crippen LogP contribution is -2.24. The summed E-state index contributed by atoms with van der Waals surface area (Å²) in [6, 6.07) is 4.90. The van der Waals surface area contributed by atoms with Crippen molar-refractivity contribution in [2.45, 2.75) is 65.7 Å². The molecule has 0 bridgehead atoms. The molecular formula is C19H28N2O4. The standard InChI is InChI=1S/C17H22N2O4.C2H6/c1-17(2,3)12-5-6-14(15(10-12)19(22)23)18-16(21)7-4-11-8-13(20)9-11;1-2/h5-6,10-11H,4,7-9H2,1-3H3,(H,18,21);1-2H3. The van der Waals surface area contributed by atoms with E-state index in [9.17, 15) is 19.7 Å². The van der Waals surface area contributed by atoms with Gasteiger partial charge in [0.25, 0.3) is 5.69 Å². The molecule has 138 valence electrons. The average molecular weight is 348 g/mol. The smallest absolute Gasteiger partial charge is 0.293 e. The number of rotatable bonds is 5.